The summed E-state index contributed by atoms with van der Waals surface area (Å²) in [7, 11) is 3.52. The number of rotatable bonds is 8. The molecule has 1 unspecified atom stereocenters. The molecular weight excluding hydrogens is 360 g/mol. The van der Waals surface area contributed by atoms with Crippen LogP contribution >= 0.6 is 0 Å². The number of benzene rings is 1. The molecule has 0 bridgehead atoms. The van der Waals surface area contributed by atoms with Crippen molar-refractivity contribution in [3.05, 3.63) is 46.4 Å². The highest BCUT2D eigenvalue weighted by Gasteiger charge is 2.24. The largest absolute Gasteiger partial charge is 0.496 e. The number of aromatic nitrogens is 2. The van der Waals surface area contributed by atoms with E-state index in [2.05, 4.69) is 20.8 Å². The number of methoxy groups -OCH3 is 1. The minimum atomic E-state index is -0.492. The Bertz CT molecular complexity index is 831. The molecule has 0 aliphatic carbocycles. The van der Waals surface area contributed by atoms with Crippen LogP contribution < -0.4 is 15.0 Å². The number of likely N-dealkylation sites (tertiary alicyclic amines) is 1. The highest BCUT2D eigenvalue weighted by Crippen LogP contribution is 2.21. The van der Waals surface area contributed by atoms with E-state index in [9.17, 15) is 9.59 Å². The molecule has 1 aromatic heterocycles. The first-order valence-corrected chi connectivity index (χ1v) is 9.71. The predicted octanol–water partition coefficient (Wildman–Crippen LogP) is 0.677. The fourth-order valence-electron chi connectivity index (χ4n) is 3.81. The molecule has 0 spiro atoms. The van der Waals surface area contributed by atoms with Crippen LogP contribution in [0.25, 0.3) is 0 Å². The minimum absolute atomic E-state index is 0.0480. The first-order chi connectivity index (χ1) is 13.5. The van der Waals surface area contributed by atoms with Gasteiger partial charge in [0.2, 0.25) is 0 Å². The Morgan fingerprint density at radius 2 is 2.25 bits per heavy atom. The average molecular weight is 389 g/mol. The molecule has 8 heteroatoms. The van der Waals surface area contributed by atoms with Crippen LogP contribution in [0.4, 0.5) is 0 Å². The van der Waals surface area contributed by atoms with Gasteiger partial charge in [-0.05, 0) is 48.6 Å². The molecule has 1 aromatic carbocycles. The Morgan fingerprint density at radius 3 is 3.00 bits per heavy atom. The van der Waals surface area contributed by atoms with Crippen LogP contribution in [0.5, 0.6) is 5.75 Å². The third-order valence-electron chi connectivity index (χ3n) is 5.28. The lowest BCUT2D eigenvalue weighted by Crippen LogP contribution is -2.47. The number of ether oxygens (including phenoxy) is 1. The molecule has 3 rings (SSSR count). The fraction of sp³-hybridized carbons (Fsp3) is 0.550. The third-order valence-corrected chi connectivity index (χ3v) is 5.28. The number of H-pyrrole nitrogens is 1. The van der Waals surface area contributed by atoms with Crippen molar-refractivity contribution < 1.29 is 18.7 Å². The summed E-state index contributed by atoms with van der Waals surface area (Å²) in [5.74, 6) is 1.35. The number of nitrogens with zero attached hydrogens (tertiary/aromatic N) is 3. The number of piperidine rings is 1. The van der Waals surface area contributed by atoms with Gasteiger partial charge in [0, 0.05) is 26.7 Å². The number of carbonyl (C=O) groups is 1. The SMILES string of the molecule is COc1ccccc1CCN1CCCC(CN(C)C(=O)C[n+]2cc(=O)o[nH]2)C1. The van der Waals surface area contributed by atoms with Gasteiger partial charge in [-0.2, -0.15) is 0 Å². The van der Waals surface area contributed by atoms with Gasteiger partial charge in [0.15, 0.2) is 0 Å². The predicted molar refractivity (Wildman–Crippen MR) is 103 cm³/mol. The molecular formula is C20H29N4O4+. The van der Waals surface area contributed by atoms with Crippen molar-refractivity contribution in [1.29, 1.82) is 0 Å². The van der Waals surface area contributed by atoms with E-state index in [-0.39, 0.29) is 12.5 Å². The van der Waals surface area contributed by atoms with E-state index in [4.69, 9.17) is 4.74 Å². The summed E-state index contributed by atoms with van der Waals surface area (Å²) >= 11 is 0. The Kier molecular flexibility index (Phi) is 6.86. The van der Waals surface area contributed by atoms with E-state index in [1.807, 2.05) is 25.2 Å². The van der Waals surface area contributed by atoms with Gasteiger partial charge >= 0.3 is 5.63 Å². The number of aromatic amines is 1. The zero-order chi connectivity index (χ0) is 19.9. The maximum atomic E-state index is 12.4. The van der Waals surface area contributed by atoms with E-state index >= 15 is 0 Å². The molecule has 2 aromatic rings. The van der Waals surface area contributed by atoms with Crippen LogP contribution in [0, 0.1) is 5.92 Å². The van der Waals surface area contributed by atoms with Crippen LogP contribution in [-0.2, 0) is 17.8 Å². The van der Waals surface area contributed by atoms with Crippen molar-refractivity contribution in [2.45, 2.75) is 25.8 Å². The Labute approximate surface area is 164 Å². The lowest BCUT2D eigenvalue weighted by molar-refractivity contribution is -0.751. The zero-order valence-electron chi connectivity index (χ0n) is 16.6. The minimum Gasteiger partial charge on any atom is -0.496 e. The summed E-state index contributed by atoms with van der Waals surface area (Å²) in [6.07, 6.45) is 4.46. The highest BCUT2D eigenvalue weighted by atomic mass is 16.5. The van der Waals surface area contributed by atoms with Crippen molar-refractivity contribution in [3.63, 3.8) is 0 Å². The smallest absolute Gasteiger partial charge is 0.426 e. The second kappa shape index (κ2) is 9.54. The van der Waals surface area contributed by atoms with Gasteiger partial charge in [0.05, 0.1) is 7.11 Å². The highest BCUT2D eigenvalue weighted by molar-refractivity contribution is 5.74. The molecule has 1 saturated heterocycles. The van der Waals surface area contributed by atoms with E-state index < -0.39 is 5.63 Å². The van der Waals surface area contributed by atoms with E-state index in [0.29, 0.717) is 12.5 Å². The van der Waals surface area contributed by atoms with Gasteiger partial charge in [-0.25, -0.2) is 4.79 Å². The average Bonchev–Trinajstić information content (AvgIpc) is 3.11. The van der Waals surface area contributed by atoms with Crippen molar-refractivity contribution >= 4 is 5.91 Å². The van der Waals surface area contributed by atoms with Crippen LogP contribution in [-0.4, -0.2) is 61.3 Å². The standard InChI is InChI=1S/C20H28N4O4/c1-22(19(25)14-24-15-20(26)28-21-24)12-16-6-5-10-23(13-16)11-9-17-7-3-4-8-18(17)27-2/h3-4,7-8,15-16H,5-6,9-14H2,1-2H3/p+1. The summed E-state index contributed by atoms with van der Waals surface area (Å²) in [5.41, 5.74) is 0.735. The third kappa shape index (κ3) is 5.45. The second-order valence-corrected chi connectivity index (χ2v) is 7.41. The van der Waals surface area contributed by atoms with Gasteiger partial charge in [0.25, 0.3) is 18.6 Å². The maximum absolute atomic E-state index is 12.4. The zero-order valence-corrected chi connectivity index (χ0v) is 16.6. The molecule has 1 aliphatic heterocycles. The number of hydrogen-bond donors (Lipinski definition) is 1. The number of carbonyl (C=O) groups excluding carboxylic acids is 1. The summed E-state index contributed by atoms with van der Waals surface area (Å²) < 4.78 is 11.4. The van der Waals surface area contributed by atoms with Crippen molar-refractivity contribution in [2.24, 2.45) is 5.92 Å². The van der Waals surface area contributed by atoms with Gasteiger partial charge in [-0.3, -0.25) is 9.32 Å². The van der Waals surface area contributed by atoms with Gasteiger partial charge in [0.1, 0.15) is 5.75 Å². The molecule has 0 radical (unpaired) electrons. The first kappa shape index (κ1) is 20.1. The number of hydrogen-bond acceptors (Lipinski definition) is 5. The molecule has 2 heterocycles. The maximum Gasteiger partial charge on any atom is 0.426 e. The van der Waals surface area contributed by atoms with E-state index in [1.54, 1.807) is 12.0 Å². The Hall–Kier alpha value is -2.61. The second-order valence-electron chi connectivity index (χ2n) is 7.41. The summed E-state index contributed by atoms with van der Waals surface area (Å²) in [4.78, 5) is 27.6. The van der Waals surface area contributed by atoms with Gasteiger partial charge in [-0.15, -0.1) is 0 Å². The normalized spacial score (nSPS) is 17.4. The summed E-state index contributed by atoms with van der Waals surface area (Å²) in [6, 6.07) is 8.15. The molecule has 1 fully saturated rings. The first-order valence-electron chi connectivity index (χ1n) is 9.71. The van der Waals surface area contributed by atoms with E-state index in [0.717, 1.165) is 44.6 Å². The monoisotopic (exact) mass is 389 g/mol. The molecule has 1 atom stereocenters. The van der Waals surface area contributed by atoms with Crippen LogP contribution in [0.15, 0.2) is 39.8 Å². The van der Waals surface area contributed by atoms with Gasteiger partial charge < -0.3 is 14.5 Å². The topological polar surface area (TPSA) is 82.7 Å². The molecule has 28 heavy (non-hydrogen) atoms. The van der Waals surface area contributed by atoms with E-state index in [1.165, 1.54) is 16.4 Å². The summed E-state index contributed by atoms with van der Waals surface area (Å²) in [6.45, 7) is 3.86. The van der Waals surface area contributed by atoms with Crippen molar-refractivity contribution in [1.82, 2.24) is 15.1 Å². The lowest BCUT2D eigenvalue weighted by Gasteiger charge is -2.34. The number of likely N-dealkylation sites (N-methyl/N-ethyl adjacent to an activating group) is 1. The number of amides is 1. The fourth-order valence-corrected chi connectivity index (χ4v) is 3.81. The van der Waals surface area contributed by atoms with Crippen molar-refractivity contribution in [2.75, 3.05) is 40.3 Å². The van der Waals surface area contributed by atoms with Crippen molar-refractivity contribution in [3.8, 4) is 5.75 Å². The lowest BCUT2D eigenvalue weighted by atomic mass is 9.97. The van der Waals surface area contributed by atoms with Crippen LogP contribution in [0.2, 0.25) is 0 Å². The molecule has 1 amide bonds. The molecule has 152 valence electrons. The molecule has 1 N–H and O–H groups in total. The molecule has 0 saturated carbocycles. The van der Waals surface area contributed by atoms with Crippen LogP contribution in [0.1, 0.15) is 18.4 Å². The Morgan fingerprint density at radius 1 is 1.43 bits per heavy atom. The number of nitrogens with one attached hydrogen (secondary N) is 1. The summed E-state index contributed by atoms with van der Waals surface area (Å²) in [5, 5.41) is 2.41. The van der Waals surface area contributed by atoms with Gasteiger partial charge in [-0.1, -0.05) is 22.9 Å². The number of para-hydroxylation sites is 1. The van der Waals surface area contributed by atoms with Crippen LogP contribution in [0.3, 0.4) is 0 Å². The molecule has 8 nitrogen and oxygen atoms in total. The quantitative estimate of drug-likeness (QED) is 0.672. The molecule has 1 aliphatic rings. The Balaban J connectivity index is 1.47.